The minimum absolute atomic E-state index is 0.513. The molecule has 0 saturated heterocycles. The van der Waals surface area contributed by atoms with E-state index in [1.165, 1.54) is 64.9 Å². The van der Waals surface area contributed by atoms with E-state index in [1.807, 2.05) is 12.2 Å². The summed E-state index contributed by atoms with van der Waals surface area (Å²) < 4.78 is 0. The van der Waals surface area contributed by atoms with Crippen molar-refractivity contribution < 1.29 is 9.78 Å². The Morgan fingerprint density at radius 3 is 2.06 bits per heavy atom. The molecular formula is C16H30O2. The van der Waals surface area contributed by atoms with Crippen LogP contribution in [0.15, 0.2) is 24.3 Å². The second-order valence-corrected chi connectivity index (χ2v) is 4.57. The van der Waals surface area contributed by atoms with Gasteiger partial charge in [0.05, 0.1) is 7.11 Å². The van der Waals surface area contributed by atoms with Crippen LogP contribution >= 0.6 is 0 Å². The molecule has 0 N–H and O–H groups in total. The summed E-state index contributed by atoms with van der Waals surface area (Å²) >= 11 is 0. The van der Waals surface area contributed by atoms with Crippen molar-refractivity contribution in [1.29, 1.82) is 0 Å². The van der Waals surface area contributed by atoms with Crippen molar-refractivity contribution in [2.45, 2.75) is 64.7 Å². The van der Waals surface area contributed by atoms with E-state index < -0.39 is 0 Å². The van der Waals surface area contributed by atoms with Gasteiger partial charge in [0.2, 0.25) is 0 Å². The Bertz CT molecular complexity index is 197. The Balaban J connectivity index is 3.10. The zero-order valence-corrected chi connectivity index (χ0v) is 12.2. The molecule has 0 amide bonds. The molecule has 0 fully saturated rings. The average molecular weight is 254 g/mol. The molecule has 106 valence electrons. The van der Waals surface area contributed by atoms with E-state index in [9.17, 15) is 0 Å². The van der Waals surface area contributed by atoms with E-state index in [-0.39, 0.29) is 0 Å². The van der Waals surface area contributed by atoms with Crippen molar-refractivity contribution in [2.75, 3.05) is 13.7 Å². The number of allylic oxidation sites excluding steroid dienone is 3. The van der Waals surface area contributed by atoms with Crippen molar-refractivity contribution in [3.8, 4) is 0 Å². The summed E-state index contributed by atoms with van der Waals surface area (Å²) in [5, 5.41) is 0. The molecule has 2 heteroatoms. The molecule has 0 atom stereocenters. The Kier molecular flexibility index (Phi) is 15.9. The largest absolute Gasteiger partial charge is 0.240 e. The first-order valence-electron chi connectivity index (χ1n) is 7.39. The van der Waals surface area contributed by atoms with Crippen LogP contribution in [0.3, 0.4) is 0 Å². The van der Waals surface area contributed by atoms with Crippen LogP contribution in [0.1, 0.15) is 64.7 Å². The molecule has 18 heavy (non-hydrogen) atoms. The number of hydrogen-bond acceptors (Lipinski definition) is 2. The van der Waals surface area contributed by atoms with Crippen molar-refractivity contribution in [2.24, 2.45) is 0 Å². The number of hydrogen-bond donors (Lipinski definition) is 0. The summed E-state index contributed by atoms with van der Waals surface area (Å²) in [5.74, 6) is 0. The van der Waals surface area contributed by atoms with E-state index in [0.717, 1.165) is 0 Å². The Morgan fingerprint density at radius 2 is 1.39 bits per heavy atom. The molecule has 0 bridgehead atoms. The molecule has 2 nitrogen and oxygen atoms in total. The Hall–Kier alpha value is -0.600. The maximum atomic E-state index is 4.71. The third-order valence-corrected chi connectivity index (χ3v) is 2.89. The topological polar surface area (TPSA) is 18.5 Å². The van der Waals surface area contributed by atoms with Crippen LogP contribution in [0.25, 0.3) is 0 Å². The van der Waals surface area contributed by atoms with E-state index >= 15 is 0 Å². The smallest absolute Gasteiger partial charge is 0.101 e. The Morgan fingerprint density at radius 1 is 0.778 bits per heavy atom. The van der Waals surface area contributed by atoms with Gasteiger partial charge in [-0.1, -0.05) is 76.2 Å². The first-order chi connectivity index (χ1) is 8.91. The van der Waals surface area contributed by atoms with Gasteiger partial charge in [-0.15, -0.1) is 0 Å². The first-order valence-corrected chi connectivity index (χ1v) is 7.39. The first kappa shape index (κ1) is 17.4. The SMILES string of the molecule is CCCCCCCCCC/C=C/C=C/COOC. The number of unbranched alkanes of at least 4 members (excludes halogenated alkanes) is 8. The van der Waals surface area contributed by atoms with E-state index in [0.29, 0.717) is 6.61 Å². The van der Waals surface area contributed by atoms with E-state index in [1.54, 1.807) is 0 Å². The van der Waals surface area contributed by atoms with Gasteiger partial charge in [-0.25, -0.2) is 9.78 Å². The van der Waals surface area contributed by atoms with Crippen LogP contribution in [0, 0.1) is 0 Å². The van der Waals surface area contributed by atoms with Crippen LogP contribution in [0.4, 0.5) is 0 Å². The van der Waals surface area contributed by atoms with Gasteiger partial charge in [-0.05, 0) is 12.8 Å². The summed E-state index contributed by atoms with van der Waals surface area (Å²) in [6, 6.07) is 0. The molecule has 0 unspecified atom stereocenters. The fourth-order valence-electron chi connectivity index (χ4n) is 1.81. The lowest BCUT2D eigenvalue weighted by molar-refractivity contribution is -0.263. The predicted molar refractivity (Wildman–Crippen MR) is 78.5 cm³/mol. The van der Waals surface area contributed by atoms with Gasteiger partial charge in [-0.3, -0.25) is 0 Å². The zero-order valence-electron chi connectivity index (χ0n) is 12.2. The number of rotatable bonds is 13. The molecule has 0 aliphatic rings. The summed E-state index contributed by atoms with van der Waals surface area (Å²) in [4.78, 5) is 9.19. The standard InChI is InChI=1S/C16H30O2/c1-3-4-5-6-7-8-9-10-11-12-13-14-15-16-18-17-2/h12-15H,3-11,16H2,1-2H3/b13-12+,15-14+. The highest BCUT2D eigenvalue weighted by atomic mass is 17.2. The highest BCUT2D eigenvalue weighted by molar-refractivity contribution is 5.02. The Labute approximate surface area is 113 Å². The van der Waals surface area contributed by atoms with Gasteiger partial charge in [0.15, 0.2) is 0 Å². The lowest BCUT2D eigenvalue weighted by atomic mass is 10.1. The molecule has 0 aromatic carbocycles. The maximum absolute atomic E-state index is 4.71. The fraction of sp³-hybridized carbons (Fsp3) is 0.750. The van der Waals surface area contributed by atoms with Gasteiger partial charge < -0.3 is 0 Å². The van der Waals surface area contributed by atoms with Crippen LogP contribution in [0.2, 0.25) is 0 Å². The average Bonchev–Trinajstić information content (AvgIpc) is 2.39. The highest BCUT2D eigenvalue weighted by Gasteiger charge is 1.89. The predicted octanol–water partition coefficient (Wildman–Crippen LogP) is 5.21. The molecule has 0 saturated carbocycles. The van der Waals surface area contributed by atoms with Crippen LogP contribution in [0.5, 0.6) is 0 Å². The molecule has 0 aliphatic carbocycles. The van der Waals surface area contributed by atoms with Crippen LogP contribution < -0.4 is 0 Å². The second-order valence-electron chi connectivity index (χ2n) is 4.57. The van der Waals surface area contributed by atoms with Crippen molar-refractivity contribution in [1.82, 2.24) is 0 Å². The molecule has 0 radical (unpaired) electrons. The minimum Gasteiger partial charge on any atom is -0.240 e. The molecular weight excluding hydrogens is 224 g/mol. The van der Waals surface area contributed by atoms with Gasteiger partial charge >= 0.3 is 0 Å². The third kappa shape index (κ3) is 15.4. The normalized spacial score (nSPS) is 11.9. The summed E-state index contributed by atoms with van der Waals surface area (Å²) in [6.07, 6.45) is 20.5. The summed E-state index contributed by atoms with van der Waals surface area (Å²) in [5.41, 5.74) is 0. The summed E-state index contributed by atoms with van der Waals surface area (Å²) in [6.45, 7) is 2.78. The van der Waals surface area contributed by atoms with Crippen LogP contribution in [-0.4, -0.2) is 13.7 Å². The lowest BCUT2D eigenvalue weighted by Gasteiger charge is -1.99. The third-order valence-electron chi connectivity index (χ3n) is 2.89. The quantitative estimate of drug-likeness (QED) is 0.194. The van der Waals surface area contributed by atoms with E-state index in [2.05, 4.69) is 24.0 Å². The second kappa shape index (κ2) is 16.4. The molecule has 0 aromatic heterocycles. The molecule has 0 aromatic rings. The highest BCUT2D eigenvalue weighted by Crippen LogP contribution is 2.09. The fourth-order valence-corrected chi connectivity index (χ4v) is 1.81. The molecule has 0 aliphatic heterocycles. The lowest BCUT2D eigenvalue weighted by Crippen LogP contribution is -1.86. The van der Waals surface area contributed by atoms with Gasteiger partial charge in [0.25, 0.3) is 0 Å². The summed E-state index contributed by atoms with van der Waals surface area (Å²) in [7, 11) is 1.52. The van der Waals surface area contributed by atoms with Gasteiger partial charge in [-0.2, -0.15) is 0 Å². The molecule has 0 heterocycles. The minimum atomic E-state index is 0.513. The monoisotopic (exact) mass is 254 g/mol. The van der Waals surface area contributed by atoms with Crippen molar-refractivity contribution in [3.63, 3.8) is 0 Å². The van der Waals surface area contributed by atoms with Gasteiger partial charge in [0.1, 0.15) is 6.61 Å². The molecule has 0 spiro atoms. The van der Waals surface area contributed by atoms with E-state index in [4.69, 9.17) is 4.89 Å². The van der Waals surface area contributed by atoms with Gasteiger partial charge in [0, 0.05) is 0 Å². The molecule has 0 rings (SSSR count). The van der Waals surface area contributed by atoms with Crippen molar-refractivity contribution >= 4 is 0 Å². The zero-order chi connectivity index (χ0) is 13.3. The van der Waals surface area contributed by atoms with Crippen molar-refractivity contribution in [3.05, 3.63) is 24.3 Å². The maximum Gasteiger partial charge on any atom is 0.101 e. The van der Waals surface area contributed by atoms with Crippen LogP contribution in [-0.2, 0) is 9.78 Å².